The van der Waals surface area contributed by atoms with Crippen LogP contribution in [0.4, 0.5) is 0 Å². The molecule has 0 saturated carbocycles. The number of quaternary nitrogens is 1. The second-order valence-corrected chi connectivity index (χ2v) is 12.0. The first kappa shape index (κ1) is 20.2. The first-order valence-corrected chi connectivity index (χ1v) is 10.2. The van der Waals surface area contributed by atoms with Crippen molar-refractivity contribution in [3.05, 3.63) is 0 Å². The maximum atomic E-state index is 4.17. The zero-order chi connectivity index (χ0) is 15.0. The van der Waals surface area contributed by atoms with E-state index in [-0.39, 0.29) is 0 Å². The van der Waals surface area contributed by atoms with Gasteiger partial charge in [-0.1, -0.05) is 0 Å². The molecule has 0 amide bonds. The summed E-state index contributed by atoms with van der Waals surface area (Å²) >= 11 is 0. The minimum absolute atomic E-state index is 0.671. The van der Waals surface area contributed by atoms with Crippen LogP contribution in [0.1, 0.15) is 20.8 Å². The number of hydrogen-bond donors (Lipinski definition) is 0. The SMILES string of the molecule is CC[PH](C)(CC)CC.CN=C(N(C)C)[N+](C)(C)C. The van der Waals surface area contributed by atoms with Crippen LogP contribution >= 0.6 is 7.26 Å². The van der Waals surface area contributed by atoms with Crippen molar-refractivity contribution in [2.75, 3.05) is 67.4 Å². The molecule has 0 N–H and O–H groups in total. The minimum atomic E-state index is -0.671. The second kappa shape index (κ2) is 8.87. The number of guanidine groups is 1. The predicted octanol–water partition coefficient (Wildman–Crippen LogP) is 2.67. The number of nitrogens with zero attached hydrogens (tertiary/aromatic N) is 3. The molecule has 3 nitrogen and oxygen atoms in total. The van der Waals surface area contributed by atoms with Gasteiger partial charge >= 0.3 is 53.2 Å². The number of aliphatic imine (C=N–C) groups is 1. The third-order valence-corrected chi connectivity index (χ3v) is 8.88. The summed E-state index contributed by atoms with van der Waals surface area (Å²) in [6.07, 6.45) is 4.38. The van der Waals surface area contributed by atoms with E-state index >= 15 is 0 Å². The van der Waals surface area contributed by atoms with E-state index in [4.69, 9.17) is 0 Å². The molecular formula is C14H37N3P+. The summed E-state index contributed by atoms with van der Waals surface area (Å²) in [7, 11) is 11.5. The molecule has 112 valence electrons. The third kappa shape index (κ3) is 8.05. The molecule has 0 radical (unpaired) electrons. The summed E-state index contributed by atoms with van der Waals surface area (Å²) < 4.78 is 0.767. The maximum Gasteiger partial charge on any atom is 0.298 e. The Kier molecular flexibility index (Phi) is 9.95. The Labute approximate surface area is 116 Å². The summed E-state index contributed by atoms with van der Waals surface area (Å²) in [5.41, 5.74) is 0. The van der Waals surface area contributed by atoms with Gasteiger partial charge in [-0.3, -0.25) is 4.48 Å². The van der Waals surface area contributed by atoms with Gasteiger partial charge in [0.15, 0.2) is 0 Å². The summed E-state index contributed by atoms with van der Waals surface area (Å²) in [5.74, 6) is 1.07. The first-order valence-electron chi connectivity index (χ1n) is 7.04. The van der Waals surface area contributed by atoms with Crippen molar-refractivity contribution >= 4 is 13.2 Å². The summed E-state index contributed by atoms with van der Waals surface area (Å²) in [6, 6.07) is 0. The van der Waals surface area contributed by atoms with Gasteiger partial charge in [0.2, 0.25) is 0 Å². The summed E-state index contributed by atoms with van der Waals surface area (Å²) in [5, 5.41) is 0. The fraction of sp³-hybridized carbons (Fsp3) is 0.929. The van der Waals surface area contributed by atoms with E-state index in [0.29, 0.717) is 0 Å². The number of rotatable bonds is 3. The van der Waals surface area contributed by atoms with Gasteiger partial charge in [-0.15, -0.1) is 0 Å². The Morgan fingerprint density at radius 3 is 1.33 bits per heavy atom. The molecule has 0 aromatic carbocycles. The van der Waals surface area contributed by atoms with Gasteiger partial charge in [-0.05, 0) is 0 Å². The van der Waals surface area contributed by atoms with E-state index < -0.39 is 7.26 Å². The smallest absolute Gasteiger partial charge is 0.298 e. The molecule has 0 aliphatic rings. The molecule has 0 unspecified atom stereocenters. The van der Waals surface area contributed by atoms with Crippen LogP contribution < -0.4 is 0 Å². The molecule has 0 aromatic rings. The molecule has 0 aliphatic heterocycles. The van der Waals surface area contributed by atoms with Crippen LogP contribution in [0.2, 0.25) is 0 Å². The van der Waals surface area contributed by atoms with Crippen LogP contribution in [0.5, 0.6) is 0 Å². The Morgan fingerprint density at radius 2 is 1.33 bits per heavy atom. The summed E-state index contributed by atoms with van der Waals surface area (Å²) in [4.78, 5) is 6.20. The van der Waals surface area contributed by atoms with Crippen molar-refractivity contribution in [3.63, 3.8) is 0 Å². The van der Waals surface area contributed by atoms with Gasteiger partial charge in [0.25, 0.3) is 5.96 Å². The van der Waals surface area contributed by atoms with Crippen molar-refractivity contribution in [3.8, 4) is 0 Å². The standard InChI is InChI=1S/C7H18N3.C7H19P/c1-8-7(9(2)3)10(4,5)6;1-5-8(4,6-2)7-3/h1-6H3;8H,5-7H2,1-4H3/q+1;. The zero-order valence-corrected chi connectivity index (χ0v) is 15.5. The van der Waals surface area contributed by atoms with Crippen molar-refractivity contribution in [1.82, 2.24) is 4.90 Å². The first-order chi connectivity index (χ1) is 8.07. The van der Waals surface area contributed by atoms with Gasteiger partial charge in [0.05, 0.1) is 21.1 Å². The van der Waals surface area contributed by atoms with E-state index in [1.54, 1.807) is 0 Å². The van der Waals surface area contributed by atoms with Crippen LogP contribution in [-0.2, 0) is 0 Å². The predicted molar refractivity (Wildman–Crippen MR) is 90.9 cm³/mol. The molecule has 0 spiro atoms. The minimum Gasteiger partial charge on any atom is -0.317 e. The normalized spacial score (nSPS) is 13.8. The van der Waals surface area contributed by atoms with Gasteiger partial charge in [0.1, 0.15) is 0 Å². The Bertz CT molecular complexity index is 230. The molecule has 0 aliphatic carbocycles. The van der Waals surface area contributed by atoms with Gasteiger partial charge < -0.3 is 4.90 Å². The molecule has 0 bridgehead atoms. The van der Waals surface area contributed by atoms with Crippen molar-refractivity contribution < 1.29 is 4.48 Å². The maximum absolute atomic E-state index is 4.17. The Morgan fingerprint density at radius 1 is 1.00 bits per heavy atom. The monoisotopic (exact) mass is 278 g/mol. The van der Waals surface area contributed by atoms with Crippen LogP contribution in [0, 0.1) is 0 Å². The molecule has 0 heterocycles. The molecule has 0 aromatic heterocycles. The molecule has 0 fully saturated rings. The van der Waals surface area contributed by atoms with Gasteiger partial charge in [-0.25, -0.2) is 4.99 Å². The largest absolute Gasteiger partial charge is 0.317 e. The average molecular weight is 278 g/mol. The molecule has 0 saturated heterocycles. The van der Waals surface area contributed by atoms with Gasteiger partial charge in [-0.2, -0.15) is 0 Å². The van der Waals surface area contributed by atoms with Crippen molar-refractivity contribution in [1.29, 1.82) is 0 Å². The van der Waals surface area contributed by atoms with Crippen LogP contribution in [0.3, 0.4) is 0 Å². The second-order valence-electron chi connectivity index (χ2n) is 6.30. The van der Waals surface area contributed by atoms with E-state index in [1.165, 1.54) is 18.5 Å². The van der Waals surface area contributed by atoms with E-state index in [1.807, 2.05) is 26.0 Å². The van der Waals surface area contributed by atoms with Crippen LogP contribution in [-0.4, -0.2) is 82.8 Å². The molecule has 4 heteroatoms. The quantitative estimate of drug-likeness (QED) is 0.335. The van der Waals surface area contributed by atoms with Crippen molar-refractivity contribution in [2.24, 2.45) is 4.99 Å². The van der Waals surface area contributed by atoms with Crippen molar-refractivity contribution in [2.45, 2.75) is 20.8 Å². The van der Waals surface area contributed by atoms with Gasteiger partial charge in [0, 0.05) is 21.1 Å². The fourth-order valence-corrected chi connectivity index (χ4v) is 3.35. The Hall–Kier alpha value is -0.140. The van der Waals surface area contributed by atoms with E-state index in [2.05, 4.69) is 53.6 Å². The van der Waals surface area contributed by atoms with Crippen LogP contribution in [0.15, 0.2) is 4.99 Å². The zero-order valence-electron chi connectivity index (χ0n) is 14.5. The van der Waals surface area contributed by atoms with E-state index in [0.717, 1.165) is 10.4 Å². The topological polar surface area (TPSA) is 15.6 Å². The van der Waals surface area contributed by atoms with Crippen LogP contribution in [0.25, 0.3) is 0 Å². The summed E-state index contributed by atoms with van der Waals surface area (Å²) in [6.45, 7) is 9.49. The Balaban J connectivity index is 0. The fourth-order valence-electron chi connectivity index (χ4n) is 1.85. The molecular weight excluding hydrogens is 241 g/mol. The third-order valence-electron chi connectivity index (χ3n) is 3.76. The molecule has 0 rings (SSSR count). The van der Waals surface area contributed by atoms with E-state index in [9.17, 15) is 0 Å². The molecule has 18 heavy (non-hydrogen) atoms. The molecule has 0 atom stereocenters. The average Bonchev–Trinajstić information content (AvgIpc) is 2.27. The number of hydrogen-bond acceptors (Lipinski definition) is 1.